The van der Waals surface area contributed by atoms with Gasteiger partial charge in [-0.25, -0.2) is 0 Å². The van der Waals surface area contributed by atoms with Crippen molar-refractivity contribution < 1.29 is 4.74 Å². The molecular formula is C13H29N3O. The fourth-order valence-corrected chi connectivity index (χ4v) is 2.37. The van der Waals surface area contributed by atoms with Crippen molar-refractivity contribution in [3.8, 4) is 0 Å². The van der Waals surface area contributed by atoms with E-state index < -0.39 is 0 Å². The van der Waals surface area contributed by atoms with Gasteiger partial charge in [0.1, 0.15) is 0 Å². The van der Waals surface area contributed by atoms with Crippen LogP contribution in [0.25, 0.3) is 0 Å². The molecule has 0 saturated carbocycles. The van der Waals surface area contributed by atoms with E-state index in [1.807, 2.05) is 0 Å². The molecule has 2 atom stereocenters. The van der Waals surface area contributed by atoms with Crippen LogP contribution in [-0.2, 0) is 4.74 Å². The maximum atomic E-state index is 5.84. The van der Waals surface area contributed by atoms with Crippen LogP contribution in [-0.4, -0.2) is 75.4 Å². The Balaban J connectivity index is 2.31. The molecule has 4 heteroatoms. The van der Waals surface area contributed by atoms with Crippen LogP contribution in [0.1, 0.15) is 20.3 Å². The van der Waals surface area contributed by atoms with E-state index >= 15 is 0 Å². The Bertz CT molecular complexity index is 193. The summed E-state index contributed by atoms with van der Waals surface area (Å²) in [7, 11) is 4.27. The fraction of sp³-hybridized carbons (Fsp3) is 1.00. The molecule has 0 amide bonds. The lowest BCUT2D eigenvalue weighted by Crippen LogP contribution is -2.51. The average molecular weight is 243 g/mol. The van der Waals surface area contributed by atoms with E-state index in [0.29, 0.717) is 12.1 Å². The van der Waals surface area contributed by atoms with E-state index in [1.165, 1.54) is 6.42 Å². The minimum absolute atomic E-state index is 0.350. The molecule has 2 unspecified atom stereocenters. The first-order valence-corrected chi connectivity index (χ1v) is 6.86. The summed E-state index contributed by atoms with van der Waals surface area (Å²) in [5.74, 6) is 0. The van der Waals surface area contributed by atoms with Crippen molar-refractivity contribution in [3.63, 3.8) is 0 Å². The van der Waals surface area contributed by atoms with Crippen LogP contribution in [0.2, 0.25) is 0 Å². The largest absolute Gasteiger partial charge is 0.374 e. The molecule has 17 heavy (non-hydrogen) atoms. The molecule has 4 nitrogen and oxygen atoms in total. The second kappa shape index (κ2) is 8.03. The van der Waals surface area contributed by atoms with Gasteiger partial charge in [0.25, 0.3) is 0 Å². The molecule has 1 rings (SSSR count). The third-order valence-corrected chi connectivity index (χ3v) is 3.53. The average Bonchev–Trinajstić information content (AvgIpc) is 2.34. The molecule has 0 aromatic rings. The third kappa shape index (κ3) is 5.34. The smallest absolute Gasteiger partial charge is 0.0852 e. The monoisotopic (exact) mass is 243 g/mol. The molecule has 0 aliphatic carbocycles. The quantitative estimate of drug-likeness (QED) is 0.710. The molecule has 0 radical (unpaired) electrons. The van der Waals surface area contributed by atoms with E-state index in [4.69, 9.17) is 4.74 Å². The van der Waals surface area contributed by atoms with Crippen LogP contribution in [0, 0.1) is 0 Å². The van der Waals surface area contributed by atoms with Gasteiger partial charge in [-0.3, -0.25) is 4.90 Å². The van der Waals surface area contributed by atoms with Gasteiger partial charge in [-0.2, -0.15) is 0 Å². The summed E-state index contributed by atoms with van der Waals surface area (Å²) < 4.78 is 5.84. The standard InChI is InChI=1S/C13H29N3O/c1-5-16(9-6-8-15(3)4)12(2)13-11-14-7-10-17-13/h12-14H,5-11H2,1-4H3. The van der Waals surface area contributed by atoms with Crippen molar-refractivity contribution in [1.29, 1.82) is 0 Å². The normalized spacial score (nSPS) is 23.3. The molecule has 0 spiro atoms. The number of nitrogens with zero attached hydrogens (tertiary/aromatic N) is 2. The van der Waals surface area contributed by atoms with Gasteiger partial charge in [-0.05, 0) is 47.1 Å². The molecule has 102 valence electrons. The zero-order valence-corrected chi connectivity index (χ0v) is 11.9. The summed E-state index contributed by atoms with van der Waals surface area (Å²) in [4.78, 5) is 4.78. The number of likely N-dealkylation sites (N-methyl/N-ethyl adjacent to an activating group) is 1. The zero-order valence-electron chi connectivity index (χ0n) is 11.9. The molecule has 1 saturated heterocycles. The van der Waals surface area contributed by atoms with Gasteiger partial charge in [0, 0.05) is 19.1 Å². The van der Waals surface area contributed by atoms with E-state index in [0.717, 1.165) is 39.3 Å². The minimum atomic E-state index is 0.350. The Kier molecular flexibility index (Phi) is 7.04. The molecule has 1 N–H and O–H groups in total. The number of hydrogen-bond donors (Lipinski definition) is 1. The molecule has 1 heterocycles. The topological polar surface area (TPSA) is 27.7 Å². The Morgan fingerprint density at radius 2 is 2.12 bits per heavy atom. The maximum Gasteiger partial charge on any atom is 0.0852 e. The highest BCUT2D eigenvalue weighted by Gasteiger charge is 2.24. The predicted octanol–water partition coefficient (Wildman–Crippen LogP) is 0.637. The lowest BCUT2D eigenvalue weighted by molar-refractivity contribution is -0.0254. The summed E-state index contributed by atoms with van der Waals surface area (Å²) in [6, 6.07) is 0.509. The highest BCUT2D eigenvalue weighted by molar-refractivity contribution is 4.80. The van der Waals surface area contributed by atoms with E-state index in [-0.39, 0.29) is 0 Å². The van der Waals surface area contributed by atoms with Crippen LogP contribution < -0.4 is 5.32 Å². The number of morpholine rings is 1. The Morgan fingerprint density at radius 3 is 2.65 bits per heavy atom. The number of nitrogens with one attached hydrogen (secondary N) is 1. The van der Waals surface area contributed by atoms with Crippen LogP contribution >= 0.6 is 0 Å². The van der Waals surface area contributed by atoms with Crippen LogP contribution in [0.5, 0.6) is 0 Å². The van der Waals surface area contributed by atoms with Crippen molar-refractivity contribution in [1.82, 2.24) is 15.1 Å². The number of hydrogen-bond acceptors (Lipinski definition) is 4. The Morgan fingerprint density at radius 1 is 1.35 bits per heavy atom. The van der Waals surface area contributed by atoms with Gasteiger partial charge in [0.2, 0.25) is 0 Å². The van der Waals surface area contributed by atoms with Gasteiger partial charge in [0.15, 0.2) is 0 Å². The first kappa shape index (κ1) is 14.9. The highest BCUT2D eigenvalue weighted by atomic mass is 16.5. The SMILES string of the molecule is CCN(CCCN(C)C)C(C)C1CNCCO1. The molecule has 1 aliphatic heterocycles. The van der Waals surface area contributed by atoms with Crippen molar-refractivity contribution in [3.05, 3.63) is 0 Å². The third-order valence-electron chi connectivity index (χ3n) is 3.53. The molecule has 1 fully saturated rings. The molecule has 0 aromatic carbocycles. The number of ether oxygens (including phenoxy) is 1. The summed E-state index contributed by atoms with van der Waals surface area (Å²) in [5.41, 5.74) is 0. The zero-order chi connectivity index (χ0) is 12.7. The highest BCUT2D eigenvalue weighted by Crippen LogP contribution is 2.10. The van der Waals surface area contributed by atoms with Crippen molar-refractivity contribution in [2.45, 2.75) is 32.4 Å². The van der Waals surface area contributed by atoms with Crippen molar-refractivity contribution in [2.24, 2.45) is 0 Å². The number of rotatable bonds is 7. The fourth-order valence-electron chi connectivity index (χ4n) is 2.37. The predicted molar refractivity (Wildman–Crippen MR) is 72.5 cm³/mol. The van der Waals surface area contributed by atoms with E-state index in [2.05, 4.69) is 43.1 Å². The molecule has 0 bridgehead atoms. The summed E-state index contributed by atoms with van der Waals surface area (Å²) >= 11 is 0. The van der Waals surface area contributed by atoms with Crippen LogP contribution in [0.3, 0.4) is 0 Å². The molecular weight excluding hydrogens is 214 g/mol. The van der Waals surface area contributed by atoms with Crippen molar-refractivity contribution in [2.75, 3.05) is 53.4 Å². The Hall–Kier alpha value is -0.160. The second-order valence-electron chi connectivity index (χ2n) is 5.14. The Labute approximate surface area is 106 Å². The second-order valence-corrected chi connectivity index (χ2v) is 5.14. The molecule has 1 aliphatic rings. The molecule has 0 aromatic heterocycles. The maximum absolute atomic E-state index is 5.84. The minimum Gasteiger partial charge on any atom is -0.374 e. The van der Waals surface area contributed by atoms with Crippen LogP contribution in [0.15, 0.2) is 0 Å². The first-order chi connectivity index (χ1) is 8.15. The van der Waals surface area contributed by atoms with Gasteiger partial charge < -0.3 is 15.0 Å². The lowest BCUT2D eigenvalue weighted by atomic mass is 10.1. The van der Waals surface area contributed by atoms with Gasteiger partial charge in [-0.15, -0.1) is 0 Å². The van der Waals surface area contributed by atoms with Crippen molar-refractivity contribution >= 4 is 0 Å². The summed E-state index contributed by atoms with van der Waals surface area (Å²) in [6.07, 6.45) is 1.58. The van der Waals surface area contributed by atoms with Gasteiger partial charge >= 0.3 is 0 Å². The van der Waals surface area contributed by atoms with Gasteiger partial charge in [-0.1, -0.05) is 6.92 Å². The summed E-state index contributed by atoms with van der Waals surface area (Å²) in [5, 5.41) is 3.41. The lowest BCUT2D eigenvalue weighted by Gasteiger charge is -2.36. The van der Waals surface area contributed by atoms with Gasteiger partial charge in [0.05, 0.1) is 12.7 Å². The van der Waals surface area contributed by atoms with E-state index in [9.17, 15) is 0 Å². The first-order valence-electron chi connectivity index (χ1n) is 6.86. The van der Waals surface area contributed by atoms with Crippen LogP contribution in [0.4, 0.5) is 0 Å². The summed E-state index contributed by atoms with van der Waals surface area (Å²) in [6.45, 7) is 10.8. The van der Waals surface area contributed by atoms with E-state index in [1.54, 1.807) is 0 Å².